The summed E-state index contributed by atoms with van der Waals surface area (Å²) in [6.45, 7) is 3.90. The van der Waals surface area contributed by atoms with Crippen LogP contribution in [0.2, 0.25) is 0 Å². The number of aromatic nitrogens is 3. The van der Waals surface area contributed by atoms with Crippen LogP contribution in [0, 0.1) is 11.3 Å². The molecule has 0 aromatic carbocycles. The smallest absolute Gasteiger partial charge is 0.230 e. The maximum atomic E-state index is 13.1. The van der Waals surface area contributed by atoms with E-state index in [9.17, 15) is 9.59 Å². The van der Waals surface area contributed by atoms with Gasteiger partial charge in [0, 0.05) is 39.1 Å². The first kappa shape index (κ1) is 17.5. The SMILES string of the molecule is O=C(CCCn1cncn1)N1CCC2(CCCN(CC3CCC3)C2=O)C1. The summed E-state index contributed by atoms with van der Waals surface area (Å²) >= 11 is 0. The van der Waals surface area contributed by atoms with Crippen LogP contribution >= 0.6 is 0 Å². The minimum atomic E-state index is -0.302. The Morgan fingerprint density at radius 3 is 2.85 bits per heavy atom. The number of piperidine rings is 1. The molecule has 1 unspecified atom stereocenters. The van der Waals surface area contributed by atoms with Gasteiger partial charge in [0.15, 0.2) is 0 Å². The Morgan fingerprint density at radius 2 is 2.12 bits per heavy atom. The summed E-state index contributed by atoms with van der Waals surface area (Å²) in [5.41, 5.74) is -0.302. The molecule has 1 aromatic rings. The van der Waals surface area contributed by atoms with Gasteiger partial charge in [-0.2, -0.15) is 5.10 Å². The highest BCUT2D eigenvalue weighted by molar-refractivity contribution is 5.86. The van der Waals surface area contributed by atoms with Crippen molar-refractivity contribution in [3.8, 4) is 0 Å². The van der Waals surface area contributed by atoms with Crippen molar-refractivity contribution >= 4 is 11.8 Å². The topological polar surface area (TPSA) is 71.3 Å². The van der Waals surface area contributed by atoms with E-state index >= 15 is 0 Å². The second-order valence-electron chi connectivity index (χ2n) is 8.26. The van der Waals surface area contributed by atoms with Crippen molar-refractivity contribution in [2.45, 2.75) is 57.9 Å². The predicted octanol–water partition coefficient (Wildman–Crippen LogP) is 1.70. The first-order valence-corrected chi connectivity index (χ1v) is 10.1. The summed E-state index contributed by atoms with van der Waals surface area (Å²) in [5, 5.41) is 4.06. The fourth-order valence-electron chi connectivity index (χ4n) is 4.68. The fraction of sp³-hybridized carbons (Fsp3) is 0.789. The maximum Gasteiger partial charge on any atom is 0.230 e. The number of carbonyl (C=O) groups is 2. The maximum absolute atomic E-state index is 13.1. The molecule has 3 aliphatic rings. The fourth-order valence-corrected chi connectivity index (χ4v) is 4.68. The lowest BCUT2D eigenvalue weighted by Gasteiger charge is -2.42. The van der Waals surface area contributed by atoms with Crippen molar-refractivity contribution in [2.75, 3.05) is 26.2 Å². The van der Waals surface area contributed by atoms with Crippen LogP contribution in [0.5, 0.6) is 0 Å². The molecule has 3 heterocycles. The summed E-state index contributed by atoms with van der Waals surface area (Å²) in [6, 6.07) is 0. The van der Waals surface area contributed by atoms with Crippen molar-refractivity contribution in [2.24, 2.45) is 11.3 Å². The third-order valence-electron chi connectivity index (χ3n) is 6.48. The molecule has 1 saturated carbocycles. The Balaban J connectivity index is 1.29. The summed E-state index contributed by atoms with van der Waals surface area (Å²) in [5.74, 6) is 1.20. The standard InChI is InChI=1S/C19H29N5O2/c25-17(6-2-10-24-15-20-14-21-24)23-11-8-19(13-23)7-3-9-22(18(19)26)12-16-4-1-5-16/h14-16H,1-13H2. The molecule has 0 bridgehead atoms. The Labute approximate surface area is 154 Å². The predicted molar refractivity (Wildman–Crippen MR) is 96.0 cm³/mol. The van der Waals surface area contributed by atoms with Gasteiger partial charge in [0.2, 0.25) is 11.8 Å². The minimum Gasteiger partial charge on any atom is -0.342 e. The van der Waals surface area contributed by atoms with Crippen molar-refractivity contribution in [3.05, 3.63) is 12.7 Å². The first-order valence-electron chi connectivity index (χ1n) is 10.1. The summed E-state index contributed by atoms with van der Waals surface area (Å²) < 4.78 is 1.75. The number of likely N-dealkylation sites (tertiary alicyclic amines) is 2. The number of nitrogens with zero attached hydrogens (tertiary/aromatic N) is 5. The van der Waals surface area contributed by atoms with Gasteiger partial charge in [-0.1, -0.05) is 6.42 Å². The zero-order valence-corrected chi connectivity index (χ0v) is 15.5. The van der Waals surface area contributed by atoms with E-state index in [1.165, 1.54) is 25.6 Å². The average molecular weight is 359 g/mol. The molecule has 1 atom stereocenters. The highest BCUT2D eigenvalue weighted by Gasteiger charge is 2.49. The van der Waals surface area contributed by atoms with Gasteiger partial charge in [-0.3, -0.25) is 14.3 Å². The van der Waals surface area contributed by atoms with Crippen molar-refractivity contribution in [1.82, 2.24) is 24.6 Å². The molecular formula is C19H29N5O2. The van der Waals surface area contributed by atoms with Crippen LogP contribution in [0.1, 0.15) is 51.4 Å². The van der Waals surface area contributed by atoms with Crippen LogP contribution in [-0.2, 0) is 16.1 Å². The molecule has 142 valence electrons. The van der Waals surface area contributed by atoms with E-state index in [0.717, 1.165) is 45.3 Å². The molecule has 2 aliphatic heterocycles. The second kappa shape index (κ2) is 7.37. The molecule has 4 rings (SSSR count). The Hall–Kier alpha value is -1.92. The van der Waals surface area contributed by atoms with Gasteiger partial charge >= 0.3 is 0 Å². The van der Waals surface area contributed by atoms with Crippen molar-refractivity contribution in [3.63, 3.8) is 0 Å². The number of amides is 2. The van der Waals surface area contributed by atoms with Gasteiger partial charge in [-0.25, -0.2) is 4.98 Å². The number of carbonyl (C=O) groups excluding carboxylic acids is 2. The van der Waals surface area contributed by atoms with Crippen LogP contribution in [0.15, 0.2) is 12.7 Å². The number of hydrogen-bond donors (Lipinski definition) is 0. The van der Waals surface area contributed by atoms with Gasteiger partial charge < -0.3 is 9.80 Å². The molecule has 0 N–H and O–H groups in total. The van der Waals surface area contributed by atoms with Gasteiger partial charge in [0.1, 0.15) is 12.7 Å². The molecule has 7 nitrogen and oxygen atoms in total. The highest BCUT2D eigenvalue weighted by atomic mass is 16.2. The average Bonchev–Trinajstić information content (AvgIpc) is 3.25. The quantitative estimate of drug-likeness (QED) is 0.775. The molecule has 1 aromatic heterocycles. The summed E-state index contributed by atoms with van der Waals surface area (Å²) in [4.78, 5) is 33.6. The van der Waals surface area contributed by atoms with Gasteiger partial charge in [-0.05, 0) is 44.4 Å². The molecule has 2 amide bonds. The van der Waals surface area contributed by atoms with E-state index in [1.807, 2.05) is 4.90 Å². The molecule has 0 radical (unpaired) electrons. The van der Waals surface area contributed by atoms with Crippen LogP contribution in [-0.4, -0.2) is 62.6 Å². The number of aryl methyl sites for hydroxylation is 1. The van der Waals surface area contributed by atoms with Crippen LogP contribution in [0.3, 0.4) is 0 Å². The number of hydrogen-bond acceptors (Lipinski definition) is 4. The number of rotatable bonds is 6. The first-order chi connectivity index (χ1) is 12.7. The van der Waals surface area contributed by atoms with E-state index in [4.69, 9.17) is 0 Å². The lowest BCUT2D eigenvalue weighted by Crippen LogP contribution is -2.52. The van der Waals surface area contributed by atoms with Gasteiger partial charge in [0.05, 0.1) is 5.41 Å². The van der Waals surface area contributed by atoms with Gasteiger partial charge in [-0.15, -0.1) is 0 Å². The van der Waals surface area contributed by atoms with E-state index in [1.54, 1.807) is 11.0 Å². The van der Waals surface area contributed by atoms with E-state index < -0.39 is 0 Å². The van der Waals surface area contributed by atoms with Crippen LogP contribution < -0.4 is 0 Å². The molecule has 1 aliphatic carbocycles. The van der Waals surface area contributed by atoms with Crippen molar-refractivity contribution < 1.29 is 9.59 Å². The Kier molecular flexibility index (Phi) is 4.96. The molecule has 26 heavy (non-hydrogen) atoms. The normalized spacial score (nSPS) is 26.5. The molecule has 1 spiro atoms. The Bertz CT molecular complexity index is 642. The largest absolute Gasteiger partial charge is 0.342 e. The van der Waals surface area contributed by atoms with Crippen LogP contribution in [0.4, 0.5) is 0 Å². The van der Waals surface area contributed by atoms with Crippen molar-refractivity contribution in [1.29, 1.82) is 0 Å². The zero-order valence-electron chi connectivity index (χ0n) is 15.5. The third kappa shape index (κ3) is 3.48. The molecule has 7 heteroatoms. The monoisotopic (exact) mass is 359 g/mol. The van der Waals surface area contributed by atoms with Crippen LogP contribution in [0.25, 0.3) is 0 Å². The molecular weight excluding hydrogens is 330 g/mol. The molecule has 3 fully saturated rings. The van der Waals surface area contributed by atoms with Gasteiger partial charge in [0.25, 0.3) is 0 Å². The second-order valence-corrected chi connectivity index (χ2v) is 8.26. The molecule has 2 saturated heterocycles. The Morgan fingerprint density at radius 1 is 1.23 bits per heavy atom. The summed E-state index contributed by atoms with van der Waals surface area (Å²) in [7, 11) is 0. The lowest BCUT2D eigenvalue weighted by molar-refractivity contribution is -0.147. The van der Waals surface area contributed by atoms with E-state index in [-0.39, 0.29) is 11.3 Å². The zero-order chi connectivity index (χ0) is 18.0. The third-order valence-corrected chi connectivity index (χ3v) is 6.48. The summed E-state index contributed by atoms with van der Waals surface area (Å²) in [6.07, 6.45) is 11.2. The lowest BCUT2D eigenvalue weighted by atomic mass is 9.77. The minimum absolute atomic E-state index is 0.172. The highest BCUT2D eigenvalue weighted by Crippen LogP contribution is 2.41. The van der Waals surface area contributed by atoms with E-state index in [0.29, 0.717) is 31.3 Å². The van der Waals surface area contributed by atoms with E-state index in [2.05, 4.69) is 15.0 Å².